The first-order valence-corrected chi connectivity index (χ1v) is 10.6. The van der Waals surface area contributed by atoms with Gasteiger partial charge in [0.25, 0.3) is 0 Å². The lowest BCUT2D eigenvalue weighted by Gasteiger charge is -2.40. The van der Waals surface area contributed by atoms with E-state index in [2.05, 4.69) is 29.9 Å². The van der Waals surface area contributed by atoms with E-state index >= 15 is 0 Å². The molecule has 0 bridgehead atoms. The molecule has 1 saturated carbocycles. The van der Waals surface area contributed by atoms with Gasteiger partial charge in [-0.1, -0.05) is 0 Å². The fourth-order valence-electron chi connectivity index (χ4n) is 4.46. The van der Waals surface area contributed by atoms with E-state index in [-0.39, 0.29) is 12.1 Å². The van der Waals surface area contributed by atoms with E-state index in [9.17, 15) is 13.2 Å². The lowest BCUT2D eigenvalue weighted by atomic mass is 10.0. The maximum atomic E-state index is 13.2. The van der Waals surface area contributed by atoms with Gasteiger partial charge in [0.15, 0.2) is 5.65 Å². The third-order valence-corrected chi connectivity index (χ3v) is 5.99. The zero-order valence-electron chi connectivity index (χ0n) is 17.5. The molecule has 0 radical (unpaired) electrons. The number of nitrogens with zero attached hydrogens (tertiary/aromatic N) is 7. The van der Waals surface area contributed by atoms with Crippen molar-refractivity contribution in [3.63, 3.8) is 0 Å². The highest BCUT2D eigenvalue weighted by Gasteiger charge is 2.39. The van der Waals surface area contributed by atoms with E-state index in [4.69, 9.17) is 0 Å². The molecule has 0 amide bonds. The molecule has 2 fully saturated rings. The molecule has 1 aliphatic carbocycles. The summed E-state index contributed by atoms with van der Waals surface area (Å²) in [5.74, 6) is 1.39. The van der Waals surface area contributed by atoms with E-state index in [1.165, 1.54) is 0 Å². The Morgan fingerprint density at radius 3 is 2.32 bits per heavy atom. The maximum absolute atomic E-state index is 13.2. The Bertz CT molecular complexity index is 1100. The predicted molar refractivity (Wildman–Crippen MR) is 110 cm³/mol. The van der Waals surface area contributed by atoms with Gasteiger partial charge in [-0.25, -0.2) is 15.0 Å². The van der Waals surface area contributed by atoms with Crippen LogP contribution in [0.25, 0.3) is 5.65 Å². The van der Waals surface area contributed by atoms with Crippen LogP contribution >= 0.6 is 0 Å². The first-order valence-electron chi connectivity index (χ1n) is 10.6. The topological polar surface area (TPSA) is 62.5 Å². The van der Waals surface area contributed by atoms with Crippen molar-refractivity contribution in [1.29, 1.82) is 0 Å². The number of halogens is 3. The van der Waals surface area contributed by atoms with E-state index < -0.39 is 11.9 Å². The van der Waals surface area contributed by atoms with Crippen LogP contribution in [0.4, 0.5) is 24.8 Å². The molecule has 3 aromatic rings. The second-order valence-electron chi connectivity index (χ2n) is 8.43. The number of anilines is 2. The molecule has 1 saturated heterocycles. The van der Waals surface area contributed by atoms with Gasteiger partial charge in [-0.3, -0.25) is 0 Å². The zero-order chi connectivity index (χ0) is 21.8. The molecule has 164 valence electrons. The van der Waals surface area contributed by atoms with Crippen molar-refractivity contribution in [2.75, 3.05) is 22.9 Å². The number of hydrogen-bond acceptors (Lipinski definition) is 6. The van der Waals surface area contributed by atoms with Crippen molar-refractivity contribution in [2.24, 2.45) is 0 Å². The van der Waals surface area contributed by atoms with Crippen LogP contribution in [0.3, 0.4) is 0 Å². The number of aromatic nitrogens is 5. The Hall–Kier alpha value is -2.91. The van der Waals surface area contributed by atoms with Crippen LogP contribution in [0, 0.1) is 13.8 Å². The van der Waals surface area contributed by atoms with Crippen molar-refractivity contribution < 1.29 is 13.2 Å². The SMILES string of the molecule is Cc1cc(N2CCC(N(c3cc(C(F)(F)F)ncn3)C3CC3)CC2)n2nc(C)cc2n1. The number of hydrogen-bond donors (Lipinski definition) is 0. The smallest absolute Gasteiger partial charge is 0.356 e. The highest BCUT2D eigenvalue weighted by atomic mass is 19.4. The minimum atomic E-state index is -4.47. The van der Waals surface area contributed by atoms with Crippen LogP contribution in [-0.4, -0.2) is 49.7 Å². The van der Waals surface area contributed by atoms with Gasteiger partial charge in [-0.05, 0) is 39.5 Å². The number of fused-ring (bicyclic) bond motifs is 1. The first kappa shape index (κ1) is 20.0. The average molecular weight is 431 g/mol. The van der Waals surface area contributed by atoms with Crippen LogP contribution in [0.5, 0.6) is 0 Å². The summed E-state index contributed by atoms with van der Waals surface area (Å²) in [5, 5.41) is 4.58. The lowest BCUT2D eigenvalue weighted by molar-refractivity contribution is -0.141. The fourth-order valence-corrected chi connectivity index (χ4v) is 4.46. The van der Waals surface area contributed by atoms with Crippen molar-refractivity contribution in [2.45, 2.75) is 57.8 Å². The number of alkyl halides is 3. The summed E-state index contributed by atoms with van der Waals surface area (Å²) in [6, 6.07) is 5.50. The summed E-state index contributed by atoms with van der Waals surface area (Å²) < 4.78 is 41.4. The van der Waals surface area contributed by atoms with Crippen molar-refractivity contribution in [3.05, 3.63) is 41.6 Å². The quantitative estimate of drug-likeness (QED) is 0.626. The number of rotatable bonds is 4. The van der Waals surface area contributed by atoms with E-state index in [0.29, 0.717) is 5.82 Å². The second kappa shape index (κ2) is 7.35. The summed E-state index contributed by atoms with van der Waals surface area (Å²) >= 11 is 0. The van der Waals surface area contributed by atoms with Crippen LogP contribution < -0.4 is 9.80 Å². The minimum Gasteiger partial charge on any atom is -0.356 e. The summed E-state index contributed by atoms with van der Waals surface area (Å²) in [5.41, 5.74) is 1.79. The van der Waals surface area contributed by atoms with Crippen LogP contribution in [0.1, 0.15) is 42.8 Å². The van der Waals surface area contributed by atoms with Crippen molar-refractivity contribution in [3.8, 4) is 0 Å². The molecule has 7 nitrogen and oxygen atoms in total. The van der Waals surface area contributed by atoms with Crippen LogP contribution in [0.15, 0.2) is 24.5 Å². The lowest BCUT2D eigenvalue weighted by Crippen LogP contribution is -2.47. The highest BCUT2D eigenvalue weighted by Crippen LogP contribution is 2.37. The molecule has 10 heteroatoms. The molecular weight excluding hydrogens is 407 g/mol. The standard InChI is InChI=1S/C21H24F3N7/c1-13-10-20(31-19(27-13)9-14(2)28-31)29-7-5-16(6-8-29)30(15-3-4-15)18-11-17(21(22,23)24)25-12-26-18/h9-12,15-16H,3-8H2,1-2H3. The maximum Gasteiger partial charge on any atom is 0.433 e. The van der Waals surface area contributed by atoms with E-state index in [0.717, 1.165) is 74.0 Å². The Morgan fingerprint density at radius 2 is 1.65 bits per heavy atom. The Morgan fingerprint density at radius 1 is 0.935 bits per heavy atom. The van der Waals surface area contributed by atoms with E-state index in [1.54, 1.807) is 0 Å². The summed E-state index contributed by atoms with van der Waals surface area (Å²) in [6.45, 7) is 5.51. The molecule has 0 spiro atoms. The van der Waals surface area contributed by atoms with Crippen LogP contribution in [0.2, 0.25) is 0 Å². The molecule has 0 N–H and O–H groups in total. The summed E-state index contributed by atoms with van der Waals surface area (Å²) in [4.78, 5) is 16.6. The van der Waals surface area contributed by atoms with Gasteiger partial charge in [0.1, 0.15) is 23.7 Å². The van der Waals surface area contributed by atoms with Gasteiger partial charge in [-0.15, -0.1) is 0 Å². The molecule has 2 aliphatic rings. The Kier molecular flexibility index (Phi) is 4.75. The van der Waals surface area contributed by atoms with E-state index in [1.807, 2.05) is 30.5 Å². The molecule has 0 aromatic carbocycles. The molecule has 31 heavy (non-hydrogen) atoms. The third kappa shape index (κ3) is 3.90. The average Bonchev–Trinajstić information content (AvgIpc) is 3.48. The molecule has 3 aromatic heterocycles. The van der Waals surface area contributed by atoms with Crippen LogP contribution in [-0.2, 0) is 6.18 Å². The number of aryl methyl sites for hydroxylation is 2. The molecule has 4 heterocycles. The third-order valence-electron chi connectivity index (χ3n) is 5.99. The zero-order valence-corrected chi connectivity index (χ0v) is 17.5. The van der Waals surface area contributed by atoms with Gasteiger partial charge < -0.3 is 9.80 Å². The Labute approximate surface area is 177 Å². The molecule has 0 atom stereocenters. The van der Waals surface area contributed by atoms with Gasteiger partial charge in [0.05, 0.1) is 5.69 Å². The molecule has 1 aliphatic heterocycles. The molecular formula is C21H24F3N7. The van der Waals surface area contributed by atoms with Gasteiger partial charge in [0.2, 0.25) is 0 Å². The fraction of sp³-hybridized carbons (Fsp3) is 0.524. The minimum absolute atomic E-state index is 0.150. The molecule has 0 unspecified atom stereocenters. The highest BCUT2D eigenvalue weighted by molar-refractivity contribution is 5.52. The summed E-state index contributed by atoms with van der Waals surface area (Å²) in [6.07, 6.45) is 0.211. The van der Waals surface area contributed by atoms with Gasteiger partial charge >= 0.3 is 6.18 Å². The Balaban J connectivity index is 1.37. The second-order valence-corrected chi connectivity index (χ2v) is 8.43. The van der Waals surface area contributed by atoms with Crippen molar-refractivity contribution in [1.82, 2.24) is 24.6 Å². The summed E-state index contributed by atoms with van der Waals surface area (Å²) in [7, 11) is 0. The van der Waals surface area contributed by atoms with Crippen molar-refractivity contribution >= 4 is 17.3 Å². The monoisotopic (exact) mass is 431 g/mol. The van der Waals surface area contributed by atoms with Gasteiger partial charge in [0, 0.05) is 49.1 Å². The predicted octanol–water partition coefficient (Wildman–Crippen LogP) is 3.79. The van der Waals surface area contributed by atoms with Gasteiger partial charge in [-0.2, -0.15) is 22.8 Å². The normalized spacial score (nSPS) is 18.0. The largest absolute Gasteiger partial charge is 0.433 e. The first-order chi connectivity index (χ1) is 14.8. The molecule has 5 rings (SSSR count). The number of piperidine rings is 1.